The Balaban J connectivity index is 2.47. The van der Waals surface area contributed by atoms with Gasteiger partial charge in [0.15, 0.2) is 0 Å². The third-order valence-corrected chi connectivity index (χ3v) is 5.31. The van der Waals surface area contributed by atoms with Gasteiger partial charge in [0.2, 0.25) is 15.9 Å². The van der Waals surface area contributed by atoms with Gasteiger partial charge in [-0.2, -0.15) is 4.72 Å². The van der Waals surface area contributed by atoms with Crippen LogP contribution in [0.5, 0.6) is 0 Å². The van der Waals surface area contributed by atoms with Crippen molar-refractivity contribution in [3.05, 3.63) is 54.6 Å². The molecule has 0 radical (unpaired) electrons. The number of amides is 1. The summed E-state index contributed by atoms with van der Waals surface area (Å²) in [4.78, 5) is 13.7. The molecule has 0 bridgehead atoms. The average molecular weight is 346 g/mol. The molecule has 24 heavy (non-hydrogen) atoms. The fraction of sp³-hybridized carbons (Fsp3) is 0.278. The summed E-state index contributed by atoms with van der Waals surface area (Å²) in [5, 5.41) is 0. The van der Waals surface area contributed by atoms with E-state index in [1.54, 1.807) is 52.2 Å². The summed E-state index contributed by atoms with van der Waals surface area (Å²) in [6, 6.07) is 16.0. The Morgan fingerprint density at radius 3 is 2.08 bits per heavy atom. The molecule has 1 amide bonds. The molecule has 0 spiro atoms. The summed E-state index contributed by atoms with van der Waals surface area (Å²) < 4.78 is 28.3. The standard InChI is InChI=1S/C18H22N2O3S/c1-18(2,17(21)20(3)4)19-24(22,23)16-13-9-8-12-15(16)14-10-6-5-7-11-14/h5-13,19H,1-4H3. The van der Waals surface area contributed by atoms with E-state index in [0.717, 1.165) is 5.56 Å². The smallest absolute Gasteiger partial charge is 0.242 e. The van der Waals surface area contributed by atoms with E-state index in [1.165, 1.54) is 4.90 Å². The number of rotatable bonds is 5. The lowest BCUT2D eigenvalue weighted by molar-refractivity contribution is -0.133. The van der Waals surface area contributed by atoms with Crippen molar-refractivity contribution in [3.8, 4) is 11.1 Å². The summed E-state index contributed by atoms with van der Waals surface area (Å²) in [6.07, 6.45) is 0. The van der Waals surface area contributed by atoms with Gasteiger partial charge in [-0.15, -0.1) is 0 Å². The first-order valence-corrected chi connectivity index (χ1v) is 9.03. The molecule has 0 fully saturated rings. The van der Waals surface area contributed by atoms with Gasteiger partial charge in [-0.05, 0) is 25.5 Å². The molecule has 0 aliphatic rings. The van der Waals surface area contributed by atoms with Crippen LogP contribution in [0.3, 0.4) is 0 Å². The van der Waals surface area contributed by atoms with Crippen molar-refractivity contribution in [3.63, 3.8) is 0 Å². The summed E-state index contributed by atoms with van der Waals surface area (Å²) in [6.45, 7) is 3.11. The van der Waals surface area contributed by atoms with Crippen LogP contribution in [-0.2, 0) is 14.8 Å². The van der Waals surface area contributed by atoms with Crippen LogP contribution >= 0.6 is 0 Å². The van der Waals surface area contributed by atoms with E-state index < -0.39 is 15.6 Å². The van der Waals surface area contributed by atoms with Gasteiger partial charge in [-0.3, -0.25) is 4.79 Å². The highest BCUT2D eigenvalue weighted by molar-refractivity contribution is 7.89. The molecule has 1 N–H and O–H groups in total. The van der Waals surface area contributed by atoms with Gasteiger partial charge in [0, 0.05) is 19.7 Å². The maximum absolute atomic E-state index is 12.9. The van der Waals surface area contributed by atoms with Crippen molar-refractivity contribution in [2.45, 2.75) is 24.3 Å². The molecular weight excluding hydrogens is 324 g/mol. The van der Waals surface area contributed by atoms with Crippen molar-refractivity contribution in [2.24, 2.45) is 0 Å². The number of nitrogens with zero attached hydrogens (tertiary/aromatic N) is 1. The van der Waals surface area contributed by atoms with E-state index in [4.69, 9.17) is 0 Å². The normalized spacial score (nSPS) is 12.0. The largest absolute Gasteiger partial charge is 0.347 e. The molecule has 6 heteroatoms. The minimum Gasteiger partial charge on any atom is -0.347 e. The quantitative estimate of drug-likeness (QED) is 0.904. The van der Waals surface area contributed by atoms with E-state index in [-0.39, 0.29) is 10.8 Å². The number of carbonyl (C=O) groups is 1. The van der Waals surface area contributed by atoms with Crippen molar-refractivity contribution in [1.29, 1.82) is 0 Å². The summed E-state index contributed by atoms with van der Waals surface area (Å²) in [5.74, 6) is -0.316. The number of hydrogen-bond acceptors (Lipinski definition) is 3. The number of sulfonamides is 1. The van der Waals surface area contributed by atoms with E-state index in [2.05, 4.69) is 4.72 Å². The predicted molar refractivity (Wildman–Crippen MR) is 95.0 cm³/mol. The van der Waals surface area contributed by atoms with Crippen LogP contribution in [0, 0.1) is 0 Å². The Morgan fingerprint density at radius 1 is 0.958 bits per heavy atom. The molecule has 2 rings (SSSR count). The molecule has 0 atom stereocenters. The summed E-state index contributed by atoms with van der Waals surface area (Å²) >= 11 is 0. The minimum absolute atomic E-state index is 0.149. The zero-order valence-corrected chi connectivity index (χ0v) is 15.1. The van der Waals surface area contributed by atoms with Gasteiger partial charge in [-0.1, -0.05) is 48.5 Å². The second-order valence-corrected chi connectivity index (χ2v) is 7.94. The molecule has 128 valence electrons. The highest BCUT2D eigenvalue weighted by Gasteiger charge is 2.35. The van der Waals surface area contributed by atoms with Gasteiger partial charge < -0.3 is 4.90 Å². The predicted octanol–water partition coefficient (Wildman–Crippen LogP) is 2.50. The topological polar surface area (TPSA) is 66.5 Å². The van der Waals surface area contributed by atoms with Gasteiger partial charge >= 0.3 is 0 Å². The Bertz CT molecular complexity index is 828. The molecule has 0 unspecified atom stereocenters. The van der Waals surface area contributed by atoms with Crippen LogP contribution in [0.2, 0.25) is 0 Å². The molecular formula is C18H22N2O3S. The molecule has 5 nitrogen and oxygen atoms in total. The summed E-state index contributed by atoms with van der Waals surface area (Å²) in [5.41, 5.74) is 0.153. The fourth-order valence-electron chi connectivity index (χ4n) is 2.55. The van der Waals surface area contributed by atoms with E-state index >= 15 is 0 Å². The van der Waals surface area contributed by atoms with E-state index in [1.807, 2.05) is 30.3 Å². The molecule has 0 saturated carbocycles. The monoisotopic (exact) mass is 346 g/mol. The highest BCUT2D eigenvalue weighted by atomic mass is 32.2. The Hall–Kier alpha value is -2.18. The maximum atomic E-state index is 12.9. The van der Waals surface area contributed by atoms with Gasteiger partial charge in [0.1, 0.15) is 5.54 Å². The molecule has 0 aliphatic carbocycles. The molecule has 2 aromatic rings. The Morgan fingerprint density at radius 2 is 1.50 bits per heavy atom. The van der Waals surface area contributed by atoms with Gasteiger partial charge in [0.25, 0.3) is 0 Å². The molecule has 0 aliphatic heterocycles. The van der Waals surface area contributed by atoms with Gasteiger partial charge in [0.05, 0.1) is 4.90 Å². The first-order chi connectivity index (χ1) is 11.1. The number of hydrogen-bond donors (Lipinski definition) is 1. The third-order valence-electron chi connectivity index (χ3n) is 3.59. The first kappa shape index (κ1) is 18.2. The first-order valence-electron chi connectivity index (χ1n) is 7.55. The van der Waals surface area contributed by atoms with Crippen molar-refractivity contribution in [2.75, 3.05) is 14.1 Å². The number of likely N-dealkylation sites (N-methyl/N-ethyl adjacent to an activating group) is 1. The number of carbonyl (C=O) groups excluding carboxylic acids is 1. The van der Waals surface area contributed by atoms with Crippen LogP contribution in [0.15, 0.2) is 59.5 Å². The maximum Gasteiger partial charge on any atom is 0.242 e. The van der Waals surface area contributed by atoms with E-state index in [0.29, 0.717) is 5.56 Å². The second kappa shape index (κ2) is 6.75. The minimum atomic E-state index is -3.87. The summed E-state index contributed by atoms with van der Waals surface area (Å²) in [7, 11) is -0.686. The van der Waals surface area contributed by atoms with Crippen molar-refractivity contribution in [1.82, 2.24) is 9.62 Å². The molecule has 0 heterocycles. The van der Waals surface area contributed by atoms with Gasteiger partial charge in [-0.25, -0.2) is 8.42 Å². The molecule has 2 aromatic carbocycles. The average Bonchev–Trinajstić information content (AvgIpc) is 2.54. The van der Waals surface area contributed by atoms with Crippen LogP contribution < -0.4 is 4.72 Å². The van der Waals surface area contributed by atoms with E-state index in [9.17, 15) is 13.2 Å². The zero-order chi connectivity index (χ0) is 18.0. The molecule has 0 aromatic heterocycles. The third kappa shape index (κ3) is 3.83. The van der Waals surface area contributed by atoms with Crippen molar-refractivity contribution >= 4 is 15.9 Å². The van der Waals surface area contributed by atoms with Crippen LogP contribution in [0.4, 0.5) is 0 Å². The lowest BCUT2D eigenvalue weighted by Gasteiger charge is -2.28. The Kier molecular flexibility index (Phi) is 5.11. The van der Waals surface area contributed by atoms with Crippen LogP contribution in [0.25, 0.3) is 11.1 Å². The number of benzene rings is 2. The van der Waals surface area contributed by atoms with Crippen molar-refractivity contribution < 1.29 is 13.2 Å². The van der Waals surface area contributed by atoms with Crippen LogP contribution in [-0.4, -0.2) is 38.9 Å². The number of nitrogens with one attached hydrogen (secondary N) is 1. The van der Waals surface area contributed by atoms with Crippen LogP contribution in [0.1, 0.15) is 13.8 Å². The molecule has 0 saturated heterocycles. The lowest BCUT2D eigenvalue weighted by Crippen LogP contribution is -2.54. The highest BCUT2D eigenvalue weighted by Crippen LogP contribution is 2.27. The fourth-order valence-corrected chi connectivity index (χ4v) is 4.15. The Labute approximate surface area is 143 Å². The lowest BCUT2D eigenvalue weighted by atomic mass is 10.1. The SMILES string of the molecule is CN(C)C(=O)C(C)(C)NS(=O)(=O)c1ccccc1-c1ccccc1. The zero-order valence-electron chi connectivity index (χ0n) is 14.3. The second-order valence-electron chi connectivity index (χ2n) is 6.29.